The number of nitrogens with one attached hydrogen (secondary N) is 1. The third-order valence-corrected chi connectivity index (χ3v) is 3.65. The van der Waals surface area contributed by atoms with Crippen molar-refractivity contribution < 1.29 is 9.53 Å². The summed E-state index contributed by atoms with van der Waals surface area (Å²) in [5.74, 6) is 0.586. The molecule has 0 unspecified atom stereocenters. The van der Waals surface area contributed by atoms with Crippen molar-refractivity contribution in [3.05, 3.63) is 64.5 Å². The molecular formula is C19H19N3O2. The summed E-state index contributed by atoms with van der Waals surface area (Å²) in [5.41, 5.74) is 4.11. The Labute approximate surface area is 141 Å². The van der Waals surface area contributed by atoms with E-state index in [4.69, 9.17) is 10.00 Å². The molecule has 0 aliphatic rings. The lowest BCUT2D eigenvalue weighted by molar-refractivity contribution is -0.116. The van der Waals surface area contributed by atoms with Crippen LogP contribution in [0.1, 0.15) is 27.9 Å². The van der Waals surface area contributed by atoms with Crippen LogP contribution in [0.2, 0.25) is 0 Å². The molecule has 5 nitrogen and oxygen atoms in total. The number of hydrogen-bond acceptors (Lipinski definition) is 4. The van der Waals surface area contributed by atoms with E-state index in [1.807, 2.05) is 13.8 Å². The predicted molar refractivity (Wildman–Crippen MR) is 92.3 cm³/mol. The molecule has 0 saturated carbocycles. The van der Waals surface area contributed by atoms with Crippen LogP contribution >= 0.6 is 0 Å². The molecule has 0 fully saturated rings. The number of carbonyl (C=O) groups excluding carboxylic acids is 1. The Morgan fingerprint density at radius 1 is 1.33 bits per heavy atom. The standard InChI is InChI=1S/C19H19N3O2/c1-13-11-21-17(14(2)19(13)24-3)12-22-18(23)9-8-15-4-6-16(10-20)7-5-15/h4-9,11H,12H2,1-3H3,(H,22,23). The number of aryl methyl sites for hydroxylation is 1. The smallest absolute Gasteiger partial charge is 0.244 e. The summed E-state index contributed by atoms with van der Waals surface area (Å²) in [5, 5.41) is 11.6. The fraction of sp³-hybridized carbons (Fsp3) is 0.211. The van der Waals surface area contributed by atoms with Gasteiger partial charge in [0.05, 0.1) is 31.0 Å². The molecule has 24 heavy (non-hydrogen) atoms. The first-order valence-corrected chi connectivity index (χ1v) is 7.50. The van der Waals surface area contributed by atoms with Crippen molar-refractivity contribution in [3.8, 4) is 11.8 Å². The van der Waals surface area contributed by atoms with Gasteiger partial charge in [-0.1, -0.05) is 12.1 Å². The van der Waals surface area contributed by atoms with Gasteiger partial charge in [0, 0.05) is 23.4 Å². The average molecular weight is 321 g/mol. The summed E-state index contributed by atoms with van der Waals surface area (Å²) in [6.45, 7) is 4.19. The maximum atomic E-state index is 11.9. The number of aromatic nitrogens is 1. The van der Waals surface area contributed by atoms with Crippen LogP contribution in [0.3, 0.4) is 0 Å². The van der Waals surface area contributed by atoms with E-state index in [0.29, 0.717) is 12.1 Å². The van der Waals surface area contributed by atoms with Gasteiger partial charge in [-0.25, -0.2) is 0 Å². The van der Waals surface area contributed by atoms with Crippen LogP contribution in [0.25, 0.3) is 6.08 Å². The van der Waals surface area contributed by atoms with Crippen LogP contribution in [0.15, 0.2) is 36.5 Å². The third-order valence-electron chi connectivity index (χ3n) is 3.65. The second-order valence-corrected chi connectivity index (χ2v) is 5.33. The lowest BCUT2D eigenvalue weighted by Crippen LogP contribution is -2.21. The number of nitriles is 1. The van der Waals surface area contributed by atoms with Crippen molar-refractivity contribution in [2.24, 2.45) is 0 Å². The lowest BCUT2D eigenvalue weighted by Gasteiger charge is -2.12. The van der Waals surface area contributed by atoms with Crippen molar-refractivity contribution in [3.63, 3.8) is 0 Å². The minimum absolute atomic E-state index is 0.208. The van der Waals surface area contributed by atoms with Crippen LogP contribution < -0.4 is 10.1 Å². The lowest BCUT2D eigenvalue weighted by atomic mass is 10.1. The van der Waals surface area contributed by atoms with Crippen LogP contribution in [-0.4, -0.2) is 18.0 Å². The molecule has 2 aromatic rings. The number of amides is 1. The zero-order chi connectivity index (χ0) is 17.5. The summed E-state index contributed by atoms with van der Waals surface area (Å²) in [6.07, 6.45) is 4.90. The highest BCUT2D eigenvalue weighted by Gasteiger charge is 2.09. The van der Waals surface area contributed by atoms with Crippen LogP contribution in [0, 0.1) is 25.2 Å². The fourth-order valence-electron chi connectivity index (χ4n) is 2.32. The van der Waals surface area contributed by atoms with E-state index in [1.165, 1.54) is 6.08 Å². The highest BCUT2D eigenvalue weighted by molar-refractivity contribution is 5.91. The molecule has 1 N–H and O–H groups in total. The zero-order valence-corrected chi connectivity index (χ0v) is 14.0. The van der Waals surface area contributed by atoms with Crippen molar-refractivity contribution in [2.75, 3.05) is 7.11 Å². The minimum Gasteiger partial charge on any atom is -0.496 e. The van der Waals surface area contributed by atoms with Gasteiger partial charge >= 0.3 is 0 Å². The van der Waals surface area contributed by atoms with Crippen molar-refractivity contribution in [2.45, 2.75) is 20.4 Å². The summed E-state index contributed by atoms with van der Waals surface area (Å²) in [4.78, 5) is 16.3. The number of methoxy groups -OCH3 is 1. The molecule has 122 valence electrons. The summed E-state index contributed by atoms with van der Waals surface area (Å²) in [7, 11) is 1.62. The maximum Gasteiger partial charge on any atom is 0.244 e. The van der Waals surface area contributed by atoms with Gasteiger partial charge in [-0.2, -0.15) is 5.26 Å². The molecule has 0 radical (unpaired) electrons. The van der Waals surface area contributed by atoms with E-state index < -0.39 is 0 Å². The van der Waals surface area contributed by atoms with Gasteiger partial charge in [-0.15, -0.1) is 0 Å². The van der Waals surface area contributed by atoms with Gasteiger partial charge < -0.3 is 10.1 Å². The maximum absolute atomic E-state index is 11.9. The zero-order valence-electron chi connectivity index (χ0n) is 14.0. The third kappa shape index (κ3) is 4.20. The molecule has 0 bridgehead atoms. The van der Waals surface area contributed by atoms with Crippen LogP contribution in [0.5, 0.6) is 5.75 Å². The van der Waals surface area contributed by atoms with Gasteiger partial charge in [0.1, 0.15) is 5.75 Å². The van der Waals surface area contributed by atoms with E-state index >= 15 is 0 Å². The van der Waals surface area contributed by atoms with Crippen molar-refractivity contribution >= 4 is 12.0 Å². The predicted octanol–water partition coefficient (Wildman–Crippen LogP) is 2.91. The Morgan fingerprint density at radius 3 is 2.67 bits per heavy atom. The van der Waals surface area contributed by atoms with Gasteiger partial charge in [0.25, 0.3) is 0 Å². The molecule has 0 saturated heterocycles. The van der Waals surface area contributed by atoms with Gasteiger partial charge in [0.15, 0.2) is 0 Å². The summed E-state index contributed by atoms with van der Waals surface area (Å²) < 4.78 is 5.36. The average Bonchev–Trinajstić information content (AvgIpc) is 2.60. The Kier molecular flexibility index (Phi) is 5.69. The second-order valence-electron chi connectivity index (χ2n) is 5.33. The van der Waals surface area contributed by atoms with Crippen molar-refractivity contribution in [1.82, 2.24) is 10.3 Å². The molecular weight excluding hydrogens is 302 g/mol. The first-order valence-electron chi connectivity index (χ1n) is 7.50. The number of ether oxygens (including phenoxy) is 1. The molecule has 0 atom stereocenters. The SMILES string of the molecule is COc1c(C)cnc(CNC(=O)C=Cc2ccc(C#N)cc2)c1C. The quantitative estimate of drug-likeness (QED) is 0.859. The fourth-order valence-corrected chi connectivity index (χ4v) is 2.32. The molecule has 0 aliphatic carbocycles. The molecule has 0 aliphatic heterocycles. The number of nitrogens with zero attached hydrogens (tertiary/aromatic N) is 2. The van der Waals surface area contributed by atoms with Gasteiger partial charge in [-0.05, 0) is 37.6 Å². The van der Waals surface area contributed by atoms with Crippen molar-refractivity contribution in [1.29, 1.82) is 5.26 Å². The van der Waals surface area contributed by atoms with Crippen LogP contribution in [-0.2, 0) is 11.3 Å². The molecule has 0 spiro atoms. The second kappa shape index (κ2) is 7.93. The highest BCUT2D eigenvalue weighted by Crippen LogP contribution is 2.23. The van der Waals surface area contributed by atoms with E-state index in [0.717, 1.165) is 28.1 Å². The number of hydrogen-bond donors (Lipinski definition) is 1. The largest absolute Gasteiger partial charge is 0.496 e. The number of benzene rings is 1. The summed E-state index contributed by atoms with van der Waals surface area (Å²) >= 11 is 0. The van der Waals surface area contributed by atoms with Gasteiger partial charge in [-0.3, -0.25) is 9.78 Å². The topological polar surface area (TPSA) is 75.0 Å². The first-order chi connectivity index (χ1) is 11.5. The first kappa shape index (κ1) is 17.2. The Morgan fingerprint density at radius 2 is 2.04 bits per heavy atom. The molecule has 1 aromatic heterocycles. The summed E-state index contributed by atoms with van der Waals surface area (Å²) in [6, 6.07) is 9.06. The number of rotatable bonds is 5. The Hall–Kier alpha value is -3.13. The van der Waals surface area contributed by atoms with E-state index in [2.05, 4.69) is 16.4 Å². The normalized spacial score (nSPS) is 10.4. The molecule has 2 rings (SSSR count). The molecule has 1 aromatic carbocycles. The minimum atomic E-state index is -0.208. The molecule has 5 heteroatoms. The monoisotopic (exact) mass is 321 g/mol. The highest BCUT2D eigenvalue weighted by atomic mass is 16.5. The van der Waals surface area contributed by atoms with Crippen LogP contribution in [0.4, 0.5) is 0 Å². The number of carbonyl (C=O) groups is 1. The Balaban J connectivity index is 1.98. The van der Waals surface area contributed by atoms with Gasteiger partial charge in [0.2, 0.25) is 5.91 Å². The van der Waals surface area contributed by atoms with E-state index in [9.17, 15) is 4.79 Å². The number of pyridine rings is 1. The molecule has 1 amide bonds. The van der Waals surface area contributed by atoms with E-state index in [1.54, 1.807) is 43.6 Å². The van der Waals surface area contributed by atoms with E-state index in [-0.39, 0.29) is 5.91 Å². The molecule has 1 heterocycles. The Bertz CT molecular complexity index is 803.